The Morgan fingerprint density at radius 3 is 2.50 bits per heavy atom. The highest BCUT2D eigenvalue weighted by atomic mass is 16.5. The summed E-state index contributed by atoms with van der Waals surface area (Å²) in [7, 11) is 3.42. The molecule has 2 fully saturated rings. The Morgan fingerprint density at radius 1 is 1.17 bits per heavy atom. The zero-order valence-electron chi connectivity index (χ0n) is 14.7. The van der Waals surface area contributed by atoms with Gasteiger partial charge in [0.25, 0.3) is 0 Å². The van der Waals surface area contributed by atoms with Crippen molar-refractivity contribution in [2.75, 3.05) is 40.5 Å². The Bertz CT molecular complexity index is 528. The van der Waals surface area contributed by atoms with Crippen LogP contribution in [0.3, 0.4) is 0 Å². The minimum Gasteiger partial charge on any atom is -0.493 e. The van der Waals surface area contributed by atoms with Crippen LogP contribution in [-0.4, -0.2) is 62.7 Å². The first-order chi connectivity index (χ1) is 11.7. The molecule has 24 heavy (non-hydrogen) atoms. The molecule has 0 bridgehead atoms. The van der Waals surface area contributed by atoms with E-state index in [1.54, 1.807) is 14.2 Å². The lowest BCUT2D eigenvalue weighted by atomic mass is 9.58. The van der Waals surface area contributed by atoms with Gasteiger partial charge in [-0.2, -0.15) is 0 Å². The van der Waals surface area contributed by atoms with Gasteiger partial charge in [0.15, 0.2) is 11.5 Å². The number of hydrogen-bond donors (Lipinski definition) is 1. The zero-order chi connectivity index (χ0) is 17.0. The number of likely N-dealkylation sites (tertiary alicyclic amines) is 1. The molecular weight excluding hydrogens is 306 g/mol. The molecule has 2 atom stereocenters. The van der Waals surface area contributed by atoms with E-state index in [1.165, 1.54) is 0 Å². The van der Waals surface area contributed by atoms with E-state index in [2.05, 4.69) is 4.90 Å². The van der Waals surface area contributed by atoms with Crippen LogP contribution in [0.4, 0.5) is 0 Å². The summed E-state index contributed by atoms with van der Waals surface area (Å²) in [5.41, 5.74) is 0.0131. The van der Waals surface area contributed by atoms with E-state index in [0.29, 0.717) is 6.61 Å². The van der Waals surface area contributed by atoms with Crippen molar-refractivity contribution in [1.82, 2.24) is 4.90 Å². The lowest BCUT2D eigenvalue weighted by Crippen LogP contribution is -2.62. The first-order valence-corrected chi connectivity index (χ1v) is 8.88. The summed E-state index contributed by atoms with van der Waals surface area (Å²) < 4.78 is 16.7. The van der Waals surface area contributed by atoms with Gasteiger partial charge in [-0.05, 0) is 44.5 Å². The average Bonchev–Trinajstić information content (AvgIpc) is 2.63. The first-order valence-electron chi connectivity index (χ1n) is 8.88. The maximum Gasteiger partial charge on any atom is 0.161 e. The van der Waals surface area contributed by atoms with E-state index in [0.717, 1.165) is 56.8 Å². The zero-order valence-corrected chi connectivity index (χ0v) is 14.7. The molecule has 1 saturated heterocycles. The highest BCUT2D eigenvalue weighted by Gasteiger charge is 2.55. The second kappa shape index (κ2) is 7.72. The van der Waals surface area contributed by atoms with Crippen molar-refractivity contribution in [3.63, 3.8) is 0 Å². The third kappa shape index (κ3) is 3.39. The molecule has 5 nitrogen and oxygen atoms in total. The quantitative estimate of drug-likeness (QED) is 0.775. The number of rotatable bonds is 7. The fraction of sp³-hybridized carbons (Fsp3) is 0.684. The largest absolute Gasteiger partial charge is 0.493 e. The molecule has 1 aromatic rings. The molecule has 0 amide bonds. The van der Waals surface area contributed by atoms with Crippen molar-refractivity contribution in [3.05, 3.63) is 24.3 Å². The number of aliphatic hydroxyl groups excluding tert-OH is 1. The molecule has 1 spiro atoms. The maximum absolute atomic E-state index is 10.2. The molecule has 1 aliphatic heterocycles. The topological polar surface area (TPSA) is 51.2 Å². The minimum absolute atomic E-state index is 0.0131. The van der Waals surface area contributed by atoms with E-state index >= 15 is 0 Å². The molecular formula is C19H29NO4. The van der Waals surface area contributed by atoms with E-state index in [-0.39, 0.29) is 17.6 Å². The molecule has 0 aromatic heterocycles. The van der Waals surface area contributed by atoms with Gasteiger partial charge in [0.05, 0.1) is 25.9 Å². The number of para-hydroxylation sites is 2. The highest BCUT2D eigenvalue weighted by molar-refractivity contribution is 5.39. The Labute approximate surface area is 144 Å². The number of hydrogen-bond acceptors (Lipinski definition) is 5. The van der Waals surface area contributed by atoms with Gasteiger partial charge in [-0.25, -0.2) is 0 Å². The Hall–Kier alpha value is -1.30. The van der Waals surface area contributed by atoms with Crippen molar-refractivity contribution in [3.8, 4) is 11.5 Å². The molecule has 3 rings (SSSR count). The van der Waals surface area contributed by atoms with Crippen LogP contribution in [0.1, 0.15) is 25.7 Å². The molecule has 0 radical (unpaired) electrons. The minimum atomic E-state index is -0.182. The summed E-state index contributed by atoms with van der Waals surface area (Å²) >= 11 is 0. The number of benzene rings is 1. The van der Waals surface area contributed by atoms with Gasteiger partial charge in [-0.15, -0.1) is 0 Å². The third-order valence-electron chi connectivity index (χ3n) is 5.76. The standard InChI is InChI=1S/C19H29NO4/c1-22-15-6-3-4-7-16(15)24-13-5-10-20-11-8-19(9-12-20)17(21)14-18(19)23-2/h3-4,6-7,17-18,21H,5,8-14H2,1-2H3/t17-,18+/m1/s1. The Kier molecular flexibility index (Phi) is 5.64. The lowest BCUT2D eigenvalue weighted by Gasteiger charge is -2.56. The molecule has 1 saturated carbocycles. The van der Waals surface area contributed by atoms with Crippen molar-refractivity contribution in [1.29, 1.82) is 0 Å². The van der Waals surface area contributed by atoms with Crippen LogP contribution in [0.5, 0.6) is 11.5 Å². The van der Waals surface area contributed by atoms with Gasteiger partial charge in [0.1, 0.15) is 0 Å². The Morgan fingerprint density at radius 2 is 1.88 bits per heavy atom. The molecule has 5 heteroatoms. The fourth-order valence-corrected chi connectivity index (χ4v) is 4.11. The van der Waals surface area contributed by atoms with E-state index in [9.17, 15) is 5.11 Å². The summed E-state index contributed by atoms with van der Waals surface area (Å²) in [6.07, 6.45) is 3.90. The van der Waals surface area contributed by atoms with Crippen molar-refractivity contribution in [2.45, 2.75) is 37.9 Å². The molecule has 1 N–H and O–H groups in total. The summed E-state index contributed by atoms with van der Waals surface area (Å²) in [4.78, 5) is 2.47. The number of aliphatic hydroxyl groups is 1. The molecule has 1 aromatic carbocycles. The molecule has 0 unspecified atom stereocenters. The normalized spacial score (nSPS) is 26.1. The predicted octanol–water partition coefficient (Wildman–Crippen LogP) is 2.33. The number of nitrogens with zero attached hydrogens (tertiary/aromatic N) is 1. The monoisotopic (exact) mass is 335 g/mol. The van der Waals surface area contributed by atoms with Crippen LogP contribution < -0.4 is 9.47 Å². The molecule has 1 heterocycles. The van der Waals surface area contributed by atoms with Crippen molar-refractivity contribution >= 4 is 0 Å². The number of piperidine rings is 1. The van der Waals surface area contributed by atoms with E-state index < -0.39 is 0 Å². The number of ether oxygens (including phenoxy) is 3. The smallest absolute Gasteiger partial charge is 0.161 e. The third-order valence-corrected chi connectivity index (χ3v) is 5.76. The van der Waals surface area contributed by atoms with Crippen LogP contribution in [0, 0.1) is 5.41 Å². The molecule has 1 aliphatic carbocycles. The van der Waals surface area contributed by atoms with Gasteiger partial charge >= 0.3 is 0 Å². The van der Waals surface area contributed by atoms with Gasteiger partial charge in [0, 0.05) is 25.5 Å². The van der Waals surface area contributed by atoms with Gasteiger partial charge in [-0.1, -0.05) is 12.1 Å². The SMILES string of the molecule is COc1ccccc1OCCCN1CCC2(CC1)[C@H](O)C[C@@H]2OC. The van der Waals surface area contributed by atoms with Crippen molar-refractivity contribution < 1.29 is 19.3 Å². The van der Waals surface area contributed by atoms with Crippen LogP contribution in [0.25, 0.3) is 0 Å². The van der Waals surface area contributed by atoms with Crippen LogP contribution >= 0.6 is 0 Å². The van der Waals surface area contributed by atoms with E-state index in [4.69, 9.17) is 14.2 Å². The van der Waals surface area contributed by atoms with Gasteiger partial charge in [-0.3, -0.25) is 0 Å². The molecule has 2 aliphatic rings. The lowest BCUT2D eigenvalue weighted by molar-refractivity contribution is -0.201. The van der Waals surface area contributed by atoms with Crippen LogP contribution in [0.2, 0.25) is 0 Å². The fourth-order valence-electron chi connectivity index (χ4n) is 4.11. The summed E-state index contributed by atoms with van der Waals surface area (Å²) in [6, 6.07) is 7.75. The van der Waals surface area contributed by atoms with E-state index in [1.807, 2.05) is 24.3 Å². The summed E-state index contributed by atoms with van der Waals surface area (Å²) in [5, 5.41) is 10.2. The molecule has 134 valence electrons. The Balaban J connectivity index is 1.38. The first kappa shape index (κ1) is 17.5. The van der Waals surface area contributed by atoms with Crippen LogP contribution in [0.15, 0.2) is 24.3 Å². The average molecular weight is 335 g/mol. The predicted molar refractivity (Wildman–Crippen MR) is 92.6 cm³/mol. The second-order valence-electron chi connectivity index (χ2n) is 6.90. The summed E-state index contributed by atoms with van der Waals surface area (Å²) in [6.45, 7) is 3.78. The van der Waals surface area contributed by atoms with Crippen molar-refractivity contribution in [2.24, 2.45) is 5.41 Å². The van der Waals surface area contributed by atoms with Gasteiger partial charge in [0.2, 0.25) is 0 Å². The van der Waals surface area contributed by atoms with Gasteiger partial charge < -0.3 is 24.2 Å². The number of methoxy groups -OCH3 is 2. The second-order valence-corrected chi connectivity index (χ2v) is 6.90. The highest BCUT2D eigenvalue weighted by Crippen LogP contribution is 2.50. The summed E-state index contributed by atoms with van der Waals surface area (Å²) in [5.74, 6) is 1.58. The van der Waals surface area contributed by atoms with Crippen LogP contribution in [-0.2, 0) is 4.74 Å². The maximum atomic E-state index is 10.2.